The average Bonchev–Trinajstić information content (AvgIpc) is 2.37. The molecule has 18 heavy (non-hydrogen) atoms. The number of hydrogen-bond acceptors (Lipinski definition) is 4. The van der Waals surface area contributed by atoms with Crippen molar-refractivity contribution in [3.63, 3.8) is 0 Å². The Bertz CT molecular complexity index is 396. The summed E-state index contributed by atoms with van der Waals surface area (Å²) in [5, 5.41) is 12.4. The van der Waals surface area contributed by atoms with Gasteiger partial charge in [-0.2, -0.15) is 0 Å². The SMILES string of the molecule is COCCCCNc1cccc(SC)c1C(=O)O. The van der Waals surface area contributed by atoms with E-state index in [0.717, 1.165) is 30.9 Å². The number of carboxylic acids is 1. The highest BCUT2D eigenvalue weighted by atomic mass is 32.2. The van der Waals surface area contributed by atoms with Crippen LogP contribution in [0.3, 0.4) is 0 Å². The molecular weight excluding hydrogens is 250 g/mol. The molecule has 2 N–H and O–H groups in total. The smallest absolute Gasteiger partial charge is 0.338 e. The summed E-state index contributed by atoms with van der Waals surface area (Å²) in [6.07, 6.45) is 3.80. The highest BCUT2D eigenvalue weighted by molar-refractivity contribution is 7.98. The standard InChI is InChI=1S/C13H19NO3S/c1-17-9-4-3-8-14-10-6-5-7-11(18-2)12(10)13(15)16/h5-7,14H,3-4,8-9H2,1-2H3,(H,15,16). The first-order chi connectivity index (χ1) is 8.70. The highest BCUT2D eigenvalue weighted by Gasteiger charge is 2.14. The Labute approximate surface area is 112 Å². The number of carbonyl (C=O) groups is 1. The summed E-state index contributed by atoms with van der Waals surface area (Å²) < 4.78 is 4.97. The molecule has 0 bridgehead atoms. The zero-order chi connectivity index (χ0) is 13.4. The molecule has 0 aliphatic rings. The Morgan fingerprint density at radius 3 is 2.83 bits per heavy atom. The second-order valence-electron chi connectivity index (χ2n) is 3.81. The summed E-state index contributed by atoms with van der Waals surface area (Å²) in [5.41, 5.74) is 1.04. The van der Waals surface area contributed by atoms with Gasteiger partial charge in [0.05, 0.1) is 5.56 Å². The molecule has 0 saturated heterocycles. The Balaban J connectivity index is 2.67. The Morgan fingerprint density at radius 2 is 2.22 bits per heavy atom. The summed E-state index contributed by atoms with van der Waals surface area (Å²) in [6, 6.07) is 5.50. The number of nitrogens with one attached hydrogen (secondary N) is 1. The first-order valence-corrected chi connectivity index (χ1v) is 7.06. The second-order valence-corrected chi connectivity index (χ2v) is 4.66. The molecule has 0 spiro atoms. The molecule has 0 unspecified atom stereocenters. The van der Waals surface area contributed by atoms with E-state index >= 15 is 0 Å². The van der Waals surface area contributed by atoms with Crippen LogP contribution in [0.15, 0.2) is 23.1 Å². The summed E-state index contributed by atoms with van der Waals surface area (Å²) in [5.74, 6) is -0.889. The molecule has 0 atom stereocenters. The van der Waals surface area contributed by atoms with Crippen molar-refractivity contribution in [2.45, 2.75) is 17.7 Å². The van der Waals surface area contributed by atoms with Crippen LogP contribution in [0.25, 0.3) is 0 Å². The van der Waals surface area contributed by atoms with Crippen molar-refractivity contribution in [3.05, 3.63) is 23.8 Å². The fourth-order valence-corrected chi connectivity index (χ4v) is 2.28. The lowest BCUT2D eigenvalue weighted by molar-refractivity contribution is 0.0694. The number of aromatic carboxylic acids is 1. The van der Waals surface area contributed by atoms with Crippen molar-refractivity contribution >= 4 is 23.4 Å². The molecule has 0 amide bonds. The summed E-state index contributed by atoms with van der Waals surface area (Å²) in [4.78, 5) is 12.0. The molecule has 0 aliphatic heterocycles. The van der Waals surface area contributed by atoms with E-state index in [0.29, 0.717) is 11.3 Å². The van der Waals surface area contributed by atoms with Gasteiger partial charge in [0.15, 0.2) is 0 Å². The number of rotatable bonds is 8. The maximum Gasteiger partial charge on any atom is 0.338 e. The van der Waals surface area contributed by atoms with Crippen LogP contribution in [0.1, 0.15) is 23.2 Å². The number of ether oxygens (including phenoxy) is 1. The zero-order valence-corrected chi connectivity index (χ0v) is 11.5. The molecule has 4 nitrogen and oxygen atoms in total. The monoisotopic (exact) mass is 269 g/mol. The van der Waals surface area contributed by atoms with Crippen LogP contribution >= 0.6 is 11.8 Å². The molecule has 0 heterocycles. The van der Waals surface area contributed by atoms with Gasteiger partial charge in [0.1, 0.15) is 0 Å². The molecule has 0 fully saturated rings. The van der Waals surface area contributed by atoms with Crippen molar-refractivity contribution < 1.29 is 14.6 Å². The highest BCUT2D eigenvalue weighted by Crippen LogP contribution is 2.27. The van der Waals surface area contributed by atoms with E-state index in [2.05, 4.69) is 5.32 Å². The van der Waals surface area contributed by atoms with E-state index in [9.17, 15) is 9.90 Å². The van der Waals surface area contributed by atoms with Crippen LogP contribution in [0.5, 0.6) is 0 Å². The third kappa shape index (κ3) is 4.23. The summed E-state index contributed by atoms with van der Waals surface area (Å²) in [6.45, 7) is 1.49. The normalized spacial score (nSPS) is 10.3. The number of carboxylic acid groups (broad SMARTS) is 1. The fraction of sp³-hybridized carbons (Fsp3) is 0.462. The number of benzene rings is 1. The number of methoxy groups -OCH3 is 1. The van der Waals surface area contributed by atoms with Crippen molar-refractivity contribution in [1.82, 2.24) is 0 Å². The zero-order valence-electron chi connectivity index (χ0n) is 10.7. The third-order valence-corrected chi connectivity index (χ3v) is 3.33. The lowest BCUT2D eigenvalue weighted by atomic mass is 10.1. The van der Waals surface area contributed by atoms with Crippen molar-refractivity contribution in [2.75, 3.05) is 31.8 Å². The predicted molar refractivity (Wildman–Crippen MR) is 74.8 cm³/mol. The molecule has 5 heteroatoms. The van der Waals surface area contributed by atoms with E-state index in [1.54, 1.807) is 13.2 Å². The van der Waals surface area contributed by atoms with Gasteiger partial charge in [0, 0.05) is 30.8 Å². The van der Waals surface area contributed by atoms with Crippen molar-refractivity contribution in [3.8, 4) is 0 Å². The first-order valence-electron chi connectivity index (χ1n) is 5.83. The lowest BCUT2D eigenvalue weighted by Crippen LogP contribution is -2.09. The number of hydrogen-bond donors (Lipinski definition) is 2. The van der Waals surface area contributed by atoms with Crippen LogP contribution in [-0.2, 0) is 4.74 Å². The molecule has 1 rings (SSSR count). The largest absolute Gasteiger partial charge is 0.478 e. The molecular formula is C13H19NO3S. The Hall–Kier alpha value is -1.20. The fourth-order valence-electron chi connectivity index (χ4n) is 1.66. The van der Waals surface area contributed by atoms with Crippen LogP contribution in [0.4, 0.5) is 5.69 Å². The minimum absolute atomic E-state index is 0.358. The van der Waals surface area contributed by atoms with Crippen molar-refractivity contribution in [2.24, 2.45) is 0 Å². The Morgan fingerprint density at radius 1 is 1.44 bits per heavy atom. The minimum atomic E-state index is -0.889. The molecule has 100 valence electrons. The lowest BCUT2D eigenvalue weighted by Gasteiger charge is -2.12. The maximum atomic E-state index is 11.3. The molecule has 0 aromatic heterocycles. The average molecular weight is 269 g/mol. The molecule has 1 aromatic rings. The predicted octanol–water partition coefficient (Wildman–Crippen LogP) is 2.95. The summed E-state index contributed by atoms with van der Waals surface area (Å²) in [7, 11) is 1.68. The van der Waals surface area contributed by atoms with Gasteiger partial charge in [-0.3, -0.25) is 0 Å². The third-order valence-electron chi connectivity index (χ3n) is 2.55. The van der Waals surface area contributed by atoms with Gasteiger partial charge in [-0.25, -0.2) is 4.79 Å². The van der Waals surface area contributed by atoms with Crippen LogP contribution in [0.2, 0.25) is 0 Å². The molecule has 0 radical (unpaired) electrons. The van der Waals surface area contributed by atoms with Gasteiger partial charge in [0.25, 0.3) is 0 Å². The van der Waals surface area contributed by atoms with E-state index in [-0.39, 0.29) is 0 Å². The van der Waals surface area contributed by atoms with Gasteiger partial charge in [0.2, 0.25) is 0 Å². The first kappa shape index (κ1) is 14.9. The summed E-state index contributed by atoms with van der Waals surface area (Å²) >= 11 is 1.44. The quantitative estimate of drug-likeness (QED) is 0.561. The van der Waals surface area contributed by atoms with Crippen LogP contribution < -0.4 is 5.32 Å². The van der Waals surface area contributed by atoms with Gasteiger partial charge in [-0.1, -0.05) is 6.07 Å². The molecule has 1 aromatic carbocycles. The maximum absolute atomic E-state index is 11.3. The van der Waals surface area contributed by atoms with Gasteiger partial charge in [-0.15, -0.1) is 11.8 Å². The Kier molecular flexibility index (Phi) is 6.60. The molecule has 0 aliphatic carbocycles. The van der Waals surface area contributed by atoms with Crippen molar-refractivity contribution in [1.29, 1.82) is 0 Å². The van der Waals surface area contributed by atoms with Crippen LogP contribution in [-0.4, -0.2) is 37.6 Å². The van der Waals surface area contributed by atoms with E-state index < -0.39 is 5.97 Å². The van der Waals surface area contributed by atoms with E-state index in [1.807, 2.05) is 18.4 Å². The number of thioether (sulfide) groups is 1. The van der Waals surface area contributed by atoms with Crippen LogP contribution in [0, 0.1) is 0 Å². The number of anilines is 1. The van der Waals surface area contributed by atoms with E-state index in [1.165, 1.54) is 11.8 Å². The minimum Gasteiger partial charge on any atom is -0.478 e. The molecule has 0 saturated carbocycles. The van der Waals surface area contributed by atoms with Gasteiger partial charge >= 0.3 is 5.97 Å². The van der Waals surface area contributed by atoms with Gasteiger partial charge in [-0.05, 0) is 31.2 Å². The topological polar surface area (TPSA) is 58.6 Å². The van der Waals surface area contributed by atoms with Gasteiger partial charge < -0.3 is 15.2 Å². The second kappa shape index (κ2) is 8.00. The number of unbranched alkanes of at least 4 members (excludes halogenated alkanes) is 1. The van der Waals surface area contributed by atoms with E-state index in [4.69, 9.17) is 4.74 Å².